The van der Waals surface area contributed by atoms with Crippen LogP contribution in [0.4, 0.5) is 0 Å². The van der Waals surface area contributed by atoms with Gasteiger partial charge >= 0.3 is 5.97 Å². The molecule has 0 saturated heterocycles. The van der Waals surface area contributed by atoms with E-state index in [0.29, 0.717) is 6.42 Å². The van der Waals surface area contributed by atoms with Crippen LogP contribution in [0.15, 0.2) is 0 Å². The molecule has 5 heteroatoms. The predicted molar refractivity (Wildman–Crippen MR) is 50.8 cm³/mol. The van der Waals surface area contributed by atoms with E-state index in [0.717, 1.165) is 0 Å². The number of aliphatic hydroxyl groups is 1. The zero-order chi connectivity index (χ0) is 11.1. The zero-order valence-corrected chi connectivity index (χ0v) is 8.49. The van der Waals surface area contributed by atoms with Crippen LogP contribution in [0.25, 0.3) is 0 Å². The van der Waals surface area contributed by atoms with Crippen LogP contribution in [0.2, 0.25) is 0 Å². The smallest absolute Gasteiger partial charge is 0.303 e. The van der Waals surface area contributed by atoms with Gasteiger partial charge in [0.1, 0.15) is 0 Å². The van der Waals surface area contributed by atoms with E-state index in [2.05, 4.69) is 5.32 Å². The molecule has 0 rings (SSSR count). The van der Waals surface area contributed by atoms with Crippen LogP contribution >= 0.6 is 0 Å². The maximum atomic E-state index is 11.1. The molecular formula is C9H17NO4. The van der Waals surface area contributed by atoms with Crippen molar-refractivity contribution in [2.75, 3.05) is 0 Å². The van der Waals surface area contributed by atoms with Gasteiger partial charge in [0.15, 0.2) is 0 Å². The van der Waals surface area contributed by atoms with Crippen molar-refractivity contribution in [1.29, 1.82) is 0 Å². The van der Waals surface area contributed by atoms with Crippen molar-refractivity contribution in [2.24, 2.45) is 0 Å². The third-order valence-electron chi connectivity index (χ3n) is 1.67. The summed E-state index contributed by atoms with van der Waals surface area (Å²) >= 11 is 0. The van der Waals surface area contributed by atoms with Gasteiger partial charge in [-0.1, -0.05) is 0 Å². The Labute approximate surface area is 83.1 Å². The standard InChI is InChI=1S/C9H17NO4/c1-6(5-7(2)11)10-8(12)3-4-9(13)14/h6-7,11H,3-5H2,1-2H3,(H,10,12)(H,13,14). The molecule has 0 aliphatic carbocycles. The average Bonchev–Trinajstić information content (AvgIpc) is 1.98. The molecule has 5 nitrogen and oxygen atoms in total. The largest absolute Gasteiger partial charge is 0.481 e. The van der Waals surface area contributed by atoms with Gasteiger partial charge in [-0.2, -0.15) is 0 Å². The van der Waals surface area contributed by atoms with Crippen LogP contribution in [0, 0.1) is 0 Å². The molecule has 0 bridgehead atoms. The van der Waals surface area contributed by atoms with Crippen LogP contribution in [-0.4, -0.2) is 34.2 Å². The molecule has 0 radical (unpaired) electrons. The van der Waals surface area contributed by atoms with Gasteiger partial charge in [0.05, 0.1) is 12.5 Å². The SMILES string of the molecule is CC(O)CC(C)NC(=O)CCC(=O)O. The lowest BCUT2D eigenvalue weighted by atomic mass is 10.1. The van der Waals surface area contributed by atoms with Crippen molar-refractivity contribution < 1.29 is 19.8 Å². The Kier molecular flexibility index (Phi) is 5.87. The average molecular weight is 203 g/mol. The highest BCUT2D eigenvalue weighted by molar-refractivity contribution is 5.80. The van der Waals surface area contributed by atoms with Gasteiger partial charge in [-0.3, -0.25) is 9.59 Å². The molecule has 0 aromatic heterocycles. The van der Waals surface area contributed by atoms with Crippen molar-refractivity contribution in [3.8, 4) is 0 Å². The second-order valence-corrected chi connectivity index (χ2v) is 3.45. The van der Waals surface area contributed by atoms with Crippen LogP contribution in [0.1, 0.15) is 33.1 Å². The predicted octanol–water partition coefficient (Wildman–Crippen LogP) is 0.127. The number of carboxylic acid groups (broad SMARTS) is 1. The molecule has 0 saturated carbocycles. The number of nitrogens with one attached hydrogen (secondary N) is 1. The first-order valence-electron chi connectivity index (χ1n) is 4.61. The summed E-state index contributed by atoms with van der Waals surface area (Å²) in [6.45, 7) is 3.41. The van der Waals surface area contributed by atoms with E-state index in [9.17, 15) is 9.59 Å². The lowest BCUT2D eigenvalue weighted by Crippen LogP contribution is -2.34. The number of hydrogen-bond acceptors (Lipinski definition) is 3. The molecule has 0 aliphatic rings. The second kappa shape index (κ2) is 6.37. The Morgan fingerprint density at radius 3 is 2.29 bits per heavy atom. The van der Waals surface area contributed by atoms with Crippen LogP contribution in [-0.2, 0) is 9.59 Å². The van der Waals surface area contributed by atoms with Gasteiger partial charge < -0.3 is 15.5 Å². The molecule has 14 heavy (non-hydrogen) atoms. The Morgan fingerprint density at radius 2 is 1.86 bits per heavy atom. The maximum absolute atomic E-state index is 11.1. The van der Waals surface area contributed by atoms with Crippen LogP contribution in [0.5, 0.6) is 0 Å². The molecule has 0 aromatic rings. The van der Waals surface area contributed by atoms with E-state index in [1.54, 1.807) is 13.8 Å². The molecule has 1 amide bonds. The van der Waals surface area contributed by atoms with Crippen molar-refractivity contribution in [1.82, 2.24) is 5.32 Å². The molecule has 0 heterocycles. The molecule has 2 unspecified atom stereocenters. The van der Waals surface area contributed by atoms with Crippen molar-refractivity contribution in [3.63, 3.8) is 0 Å². The van der Waals surface area contributed by atoms with Crippen LogP contribution < -0.4 is 5.32 Å². The monoisotopic (exact) mass is 203 g/mol. The van der Waals surface area contributed by atoms with E-state index in [1.807, 2.05) is 0 Å². The van der Waals surface area contributed by atoms with Gasteiger partial charge in [-0.25, -0.2) is 0 Å². The third kappa shape index (κ3) is 7.54. The van der Waals surface area contributed by atoms with Crippen molar-refractivity contribution in [2.45, 2.75) is 45.3 Å². The summed E-state index contributed by atoms with van der Waals surface area (Å²) in [5, 5.41) is 19.9. The van der Waals surface area contributed by atoms with E-state index >= 15 is 0 Å². The first kappa shape index (κ1) is 12.9. The Morgan fingerprint density at radius 1 is 1.29 bits per heavy atom. The summed E-state index contributed by atoms with van der Waals surface area (Å²) < 4.78 is 0. The third-order valence-corrected chi connectivity index (χ3v) is 1.67. The van der Waals surface area contributed by atoms with Gasteiger partial charge in [-0.05, 0) is 20.3 Å². The van der Waals surface area contributed by atoms with Gasteiger partial charge in [0.25, 0.3) is 0 Å². The number of carboxylic acids is 1. The van der Waals surface area contributed by atoms with E-state index in [-0.39, 0.29) is 24.8 Å². The normalized spacial score (nSPS) is 14.5. The summed E-state index contributed by atoms with van der Waals surface area (Å²) in [6, 6.07) is -0.128. The Bertz CT molecular complexity index is 203. The maximum Gasteiger partial charge on any atom is 0.303 e. The Hall–Kier alpha value is -1.10. The molecule has 3 N–H and O–H groups in total. The van der Waals surface area contributed by atoms with Gasteiger partial charge in [0.2, 0.25) is 5.91 Å². The summed E-state index contributed by atoms with van der Waals surface area (Å²) in [7, 11) is 0. The number of carbonyl (C=O) groups excluding carboxylic acids is 1. The molecule has 0 spiro atoms. The highest BCUT2D eigenvalue weighted by atomic mass is 16.4. The van der Waals surface area contributed by atoms with Crippen molar-refractivity contribution >= 4 is 11.9 Å². The number of aliphatic hydroxyl groups excluding tert-OH is 1. The van der Waals surface area contributed by atoms with E-state index < -0.39 is 12.1 Å². The fourth-order valence-corrected chi connectivity index (χ4v) is 1.14. The summed E-state index contributed by atoms with van der Waals surface area (Å²) in [4.78, 5) is 21.2. The fraction of sp³-hybridized carbons (Fsp3) is 0.778. The number of rotatable bonds is 6. The topological polar surface area (TPSA) is 86.6 Å². The molecule has 82 valence electrons. The molecule has 2 atom stereocenters. The van der Waals surface area contributed by atoms with E-state index in [4.69, 9.17) is 10.2 Å². The molecule has 0 aliphatic heterocycles. The summed E-state index contributed by atoms with van der Waals surface area (Å²) in [6.07, 6.45) is -0.171. The number of amides is 1. The number of aliphatic carboxylic acids is 1. The first-order chi connectivity index (χ1) is 6.41. The highest BCUT2D eigenvalue weighted by Gasteiger charge is 2.10. The highest BCUT2D eigenvalue weighted by Crippen LogP contribution is 1.98. The molecule has 0 aromatic carbocycles. The summed E-state index contributed by atoms with van der Waals surface area (Å²) in [5.74, 6) is -1.27. The van der Waals surface area contributed by atoms with Gasteiger partial charge in [0, 0.05) is 12.5 Å². The number of carbonyl (C=O) groups is 2. The quantitative estimate of drug-likeness (QED) is 0.572. The molecule has 0 fully saturated rings. The number of hydrogen-bond donors (Lipinski definition) is 3. The minimum atomic E-state index is -0.983. The zero-order valence-electron chi connectivity index (χ0n) is 8.49. The van der Waals surface area contributed by atoms with Gasteiger partial charge in [-0.15, -0.1) is 0 Å². The Balaban J connectivity index is 3.65. The lowest BCUT2D eigenvalue weighted by molar-refractivity contribution is -0.138. The molecular weight excluding hydrogens is 186 g/mol. The van der Waals surface area contributed by atoms with Crippen LogP contribution in [0.3, 0.4) is 0 Å². The minimum Gasteiger partial charge on any atom is -0.481 e. The second-order valence-electron chi connectivity index (χ2n) is 3.45. The van der Waals surface area contributed by atoms with Crippen molar-refractivity contribution in [3.05, 3.63) is 0 Å². The lowest BCUT2D eigenvalue weighted by Gasteiger charge is -2.14. The minimum absolute atomic E-state index is 0.0144. The van der Waals surface area contributed by atoms with E-state index in [1.165, 1.54) is 0 Å². The first-order valence-corrected chi connectivity index (χ1v) is 4.61. The summed E-state index contributed by atoms with van der Waals surface area (Å²) in [5.41, 5.74) is 0. The fourth-order valence-electron chi connectivity index (χ4n) is 1.14.